The van der Waals surface area contributed by atoms with Crippen molar-refractivity contribution in [2.75, 3.05) is 17.2 Å². The van der Waals surface area contributed by atoms with E-state index in [2.05, 4.69) is 0 Å². The Balaban J connectivity index is 0. The molecule has 0 unspecified atom stereocenters. The summed E-state index contributed by atoms with van der Waals surface area (Å²) in [6, 6.07) is 7.05. The molecule has 0 aliphatic rings. The first-order chi connectivity index (χ1) is 8.49. The van der Waals surface area contributed by atoms with E-state index in [-0.39, 0.29) is 70.6 Å². The van der Waals surface area contributed by atoms with Crippen LogP contribution in [0.4, 0.5) is 5.69 Å². The summed E-state index contributed by atoms with van der Waals surface area (Å²) in [6.45, 7) is 0. The van der Waals surface area contributed by atoms with Gasteiger partial charge < -0.3 is 0 Å². The van der Waals surface area contributed by atoms with Crippen molar-refractivity contribution in [1.82, 2.24) is 0 Å². The minimum Gasteiger partial charge on any atom is 1.00 e. The molecule has 0 atom stereocenters. The molecule has 0 saturated carbocycles. The van der Waals surface area contributed by atoms with Crippen molar-refractivity contribution in [3.8, 4) is 0 Å². The standard InChI is InChI=1S/C10H12AsNO4S2.2Na/c12-8-3-1-7(2-4-8)11(17-5-9(13)14)18-6-10(15)16;;/h1-4H,5-6,12H2,(H,13,14)(H,15,16);;/q;2*+1/p-2. The topological polar surface area (TPSA) is 106 Å². The average molecular weight is 393 g/mol. The fourth-order valence-corrected chi connectivity index (χ4v) is 11.9. The molecule has 20 heavy (non-hydrogen) atoms. The molecule has 1 aromatic carbocycles. The second-order valence-corrected chi connectivity index (χ2v) is 14.6. The zero-order chi connectivity index (χ0) is 13.5. The summed E-state index contributed by atoms with van der Waals surface area (Å²) in [7, 11) is 2.49. The van der Waals surface area contributed by atoms with Crippen molar-refractivity contribution in [3.05, 3.63) is 24.3 Å². The minimum absolute atomic E-state index is 0. The monoisotopic (exact) mass is 393 g/mol. The molecule has 2 N–H and O–H groups in total. The van der Waals surface area contributed by atoms with Gasteiger partial charge in [0.05, 0.1) is 0 Å². The number of carboxylic acid groups (broad SMARTS) is 2. The molecule has 5 nitrogen and oxygen atoms in total. The van der Waals surface area contributed by atoms with Crippen molar-refractivity contribution < 1.29 is 78.9 Å². The summed E-state index contributed by atoms with van der Waals surface area (Å²) < 4.78 is 0.953. The van der Waals surface area contributed by atoms with Gasteiger partial charge >= 0.3 is 175 Å². The molecule has 0 aliphatic carbocycles. The predicted molar refractivity (Wildman–Crippen MR) is 71.2 cm³/mol. The van der Waals surface area contributed by atoms with E-state index in [4.69, 9.17) is 5.73 Å². The maximum absolute atomic E-state index is 10.5. The third-order valence-electron chi connectivity index (χ3n) is 1.70. The summed E-state index contributed by atoms with van der Waals surface area (Å²) in [4.78, 5) is 20.9. The van der Waals surface area contributed by atoms with Gasteiger partial charge in [-0.15, -0.1) is 0 Å². The number of hydrogen-bond donors (Lipinski definition) is 1. The van der Waals surface area contributed by atoms with Crippen LogP contribution < -0.4 is 79.4 Å². The van der Waals surface area contributed by atoms with Crippen LogP contribution in [0.2, 0.25) is 0 Å². The van der Waals surface area contributed by atoms with Gasteiger partial charge in [-0.1, -0.05) is 0 Å². The maximum atomic E-state index is 10.5. The Bertz CT molecular complexity index is 418. The summed E-state index contributed by atoms with van der Waals surface area (Å²) in [5, 5.41) is 20.9. The first-order valence-corrected chi connectivity index (χ1v) is 12.2. The first-order valence-electron chi connectivity index (χ1n) is 4.80. The molecule has 0 amide bonds. The Morgan fingerprint density at radius 3 is 1.75 bits per heavy atom. The number of nitrogens with two attached hydrogens (primary N) is 1. The van der Waals surface area contributed by atoms with Gasteiger partial charge in [-0.3, -0.25) is 0 Å². The quantitative estimate of drug-likeness (QED) is 0.362. The smallest absolute Gasteiger partial charge is 1.00 e. The van der Waals surface area contributed by atoms with Crippen molar-refractivity contribution in [2.45, 2.75) is 0 Å². The van der Waals surface area contributed by atoms with E-state index in [1.54, 1.807) is 24.3 Å². The third-order valence-corrected chi connectivity index (χ3v) is 14.5. The van der Waals surface area contributed by atoms with Gasteiger partial charge in [-0.25, -0.2) is 0 Å². The van der Waals surface area contributed by atoms with Crippen LogP contribution in [-0.4, -0.2) is 35.8 Å². The largest absolute Gasteiger partial charge is 1.00 e. The Morgan fingerprint density at radius 2 is 1.40 bits per heavy atom. The van der Waals surface area contributed by atoms with E-state index in [1.165, 1.54) is 20.0 Å². The SMILES string of the molecule is Nc1ccc([As](SCC(=O)[O-])SCC(=O)[O-])cc1.[Na+].[Na+]. The molecule has 0 aliphatic heterocycles. The number of rotatable bonds is 7. The fourth-order valence-electron chi connectivity index (χ4n) is 1.01. The second-order valence-electron chi connectivity index (χ2n) is 3.14. The average Bonchev–Trinajstić information content (AvgIpc) is 2.30. The number of aliphatic carboxylic acids is 2. The van der Waals surface area contributed by atoms with Gasteiger partial charge in [-0.2, -0.15) is 0 Å². The third kappa shape index (κ3) is 10.0. The molecule has 0 saturated heterocycles. The number of benzene rings is 1. The van der Waals surface area contributed by atoms with Crippen LogP contribution in [0.15, 0.2) is 24.3 Å². The van der Waals surface area contributed by atoms with E-state index in [0.29, 0.717) is 5.69 Å². The van der Waals surface area contributed by atoms with E-state index in [0.717, 1.165) is 4.35 Å². The molecule has 0 spiro atoms. The van der Waals surface area contributed by atoms with Gasteiger partial charge in [0.1, 0.15) is 0 Å². The number of hydrogen-bond acceptors (Lipinski definition) is 7. The van der Waals surface area contributed by atoms with Crippen molar-refractivity contribution in [1.29, 1.82) is 0 Å². The van der Waals surface area contributed by atoms with E-state index >= 15 is 0 Å². The summed E-state index contributed by atoms with van der Waals surface area (Å²) in [5.41, 5.74) is 6.18. The molecule has 0 heterocycles. The van der Waals surface area contributed by atoms with Gasteiger partial charge in [0.15, 0.2) is 0 Å². The normalized spacial score (nSPS) is 9.45. The molecule has 1 aromatic rings. The van der Waals surface area contributed by atoms with Crippen LogP contribution in [0.5, 0.6) is 0 Å². The molecular weight excluding hydrogens is 383 g/mol. The summed E-state index contributed by atoms with van der Waals surface area (Å²) in [6.07, 6.45) is 0. The van der Waals surface area contributed by atoms with Crippen molar-refractivity contribution >= 4 is 54.4 Å². The van der Waals surface area contributed by atoms with Gasteiger partial charge in [0.25, 0.3) is 0 Å². The molecule has 0 fully saturated rings. The van der Waals surface area contributed by atoms with Gasteiger partial charge in [0.2, 0.25) is 0 Å². The molecule has 0 aromatic heterocycles. The van der Waals surface area contributed by atoms with Crippen LogP contribution in [0, 0.1) is 0 Å². The van der Waals surface area contributed by atoms with Crippen LogP contribution in [-0.2, 0) is 9.59 Å². The second kappa shape index (κ2) is 12.7. The summed E-state index contributed by atoms with van der Waals surface area (Å²) >= 11 is -1.86. The number of carbonyl (C=O) groups is 2. The molecule has 0 bridgehead atoms. The molecule has 98 valence electrons. The predicted octanol–water partition coefficient (Wildman–Crippen LogP) is -8.06. The van der Waals surface area contributed by atoms with Crippen LogP contribution >= 0.6 is 20.0 Å². The Hall–Kier alpha value is 1.22. The zero-order valence-electron chi connectivity index (χ0n) is 11.2. The van der Waals surface area contributed by atoms with Crippen LogP contribution in [0.1, 0.15) is 0 Å². The Labute approximate surface area is 172 Å². The maximum Gasteiger partial charge on any atom is 1.00 e. The van der Waals surface area contributed by atoms with E-state index in [1.807, 2.05) is 0 Å². The number of nitrogen functional groups attached to an aromatic ring is 1. The zero-order valence-corrected chi connectivity index (χ0v) is 18.7. The first kappa shape index (κ1) is 23.5. The number of carbonyl (C=O) groups excluding carboxylic acids is 2. The van der Waals surface area contributed by atoms with Gasteiger partial charge in [0, 0.05) is 0 Å². The molecule has 1 rings (SSSR count). The van der Waals surface area contributed by atoms with Crippen LogP contribution in [0.3, 0.4) is 0 Å². The summed E-state index contributed by atoms with van der Waals surface area (Å²) in [5.74, 6) is -2.57. The number of carboxylic acids is 2. The number of anilines is 1. The van der Waals surface area contributed by atoms with Gasteiger partial charge in [-0.05, 0) is 0 Å². The van der Waals surface area contributed by atoms with Crippen LogP contribution in [0.25, 0.3) is 0 Å². The molecule has 0 radical (unpaired) electrons. The van der Waals surface area contributed by atoms with Crippen molar-refractivity contribution in [3.63, 3.8) is 0 Å². The molecule has 10 heteroatoms. The van der Waals surface area contributed by atoms with E-state index in [9.17, 15) is 19.8 Å². The minimum atomic E-state index is -1.86. The Kier molecular flexibility index (Phi) is 14.9. The van der Waals surface area contributed by atoms with E-state index < -0.39 is 24.3 Å². The van der Waals surface area contributed by atoms with Crippen molar-refractivity contribution in [2.24, 2.45) is 0 Å². The fraction of sp³-hybridized carbons (Fsp3) is 0.200. The Morgan fingerprint density at radius 1 is 1.00 bits per heavy atom. The molecular formula is C10H10AsNNa2O4S2.